The van der Waals surface area contributed by atoms with Crippen molar-refractivity contribution < 1.29 is 13.2 Å². The van der Waals surface area contributed by atoms with E-state index in [1.165, 1.54) is 7.05 Å². The molecular weight excluding hydrogens is 371 g/mol. The molecule has 2 aromatic rings. The summed E-state index contributed by atoms with van der Waals surface area (Å²) in [5.41, 5.74) is -0.327. The van der Waals surface area contributed by atoms with Crippen LogP contribution in [-0.2, 0) is 6.18 Å². The molecule has 0 aliphatic heterocycles. The number of aromatic nitrogens is 1. The van der Waals surface area contributed by atoms with E-state index in [0.717, 1.165) is 16.6 Å². The van der Waals surface area contributed by atoms with E-state index in [9.17, 15) is 13.2 Å². The molecule has 0 radical (unpaired) electrons. The minimum atomic E-state index is -4.45. The van der Waals surface area contributed by atoms with E-state index in [-0.39, 0.29) is 11.6 Å². The summed E-state index contributed by atoms with van der Waals surface area (Å²) in [5.74, 6) is 0.166. The maximum Gasteiger partial charge on any atom is 0.416 e. The van der Waals surface area contributed by atoms with Gasteiger partial charge in [-0.05, 0) is 30.3 Å². The zero-order chi connectivity index (χ0) is 15.6. The average molecular weight is 381 g/mol. The van der Waals surface area contributed by atoms with E-state index in [4.69, 9.17) is 11.6 Å². The molecule has 0 saturated heterocycles. The van der Waals surface area contributed by atoms with Gasteiger partial charge < -0.3 is 10.6 Å². The van der Waals surface area contributed by atoms with Gasteiger partial charge in [0.15, 0.2) is 0 Å². The molecule has 0 spiro atoms. The third-order valence-electron chi connectivity index (χ3n) is 2.60. The highest BCUT2D eigenvalue weighted by Gasteiger charge is 2.31. The Labute approximate surface area is 132 Å². The first-order valence-corrected chi connectivity index (χ1v) is 6.96. The third-order valence-corrected chi connectivity index (χ3v) is 3.41. The second-order valence-electron chi connectivity index (χ2n) is 4.12. The minimum Gasteiger partial charge on any atom is -0.373 e. The predicted molar refractivity (Wildman–Crippen MR) is 81.2 cm³/mol. The van der Waals surface area contributed by atoms with Crippen molar-refractivity contribution in [2.24, 2.45) is 0 Å². The number of benzene rings is 1. The van der Waals surface area contributed by atoms with Crippen LogP contribution in [0.3, 0.4) is 0 Å². The van der Waals surface area contributed by atoms with Crippen LogP contribution in [0.4, 0.5) is 30.5 Å². The smallest absolute Gasteiger partial charge is 0.373 e. The summed E-state index contributed by atoms with van der Waals surface area (Å²) in [6.07, 6.45) is -4.45. The molecular formula is C13H10BrClF3N3. The molecule has 0 atom stereocenters. The fraction of sp³-hybridized carbons (Fsp3) is 0.154. The van der Waals surface area contributed by atoms with Crippen molar-refractivity contribution in [3.8, 4) is 0 Å². The fourth-order valence-corrected chi connectivity index (χ4v) is 2.34. The second-order valence-corrected chi connectivity index (χ2v) is 5.45. The lowest BCUT2D eigenvalue weighted by Crippen LogP contribution is -2.08. The van der Waals surface area contributed by atoms with Gasteiger partial charge in [-0.1, -0.05) is 27.5 Å². The largest absolute Gasteiger partial charge is 0.416 e. The molecule has 1 aromatic heterocycles. The number of rotatable bonds is 3. The van der Waals surface area contributed by atoms with Crippen LogP contribution in [0.5, 0.6) is 0 Å². The third kappa shape index (κ3) is 4.01. The quantitative estimate of drug-likeness (QED) is 0.758. The van der Waals surface area contributed by atoms with Gasteiger partial charge in [0.1, 0.15) is 11.6 Å². The molecule has 2 N–H and O–H groups in total. The van der Waals surface area contributed by atoms with Crippen molar-refractivity contribution in [3.63, 3.8) is 0 Å². The Bertz CT molecular complexity index is 662. The summed E-state index contributed by atoms with van der Waals surface area (Å²) in [7, 11) is 1.50. The molecule has 112 valence electrons. The zero-order valence-corrected chi connectivity index (χ0v) is 13.1. The number of hydrogen-bond acceptors (Lipinski definition) is 3. The monoisotopic (exact) mass is 379 g/mol. The lowest BCUT2D eigenvalue weighted by atomic mass is 10.2. The van der Waals surface area contributed by atoms with E-state index in [2.05, 4.69) is 31.5 Å². The van der Waals surface area contributed by atoms with Gasteiger partial charge >= 0.3 is 6.18 Å². The molecule has 0 aliphatic rings. The van der Waals surface area contributed by atoms with Crippen LogP contribution in [0.1, 0.15) is 5.56 Å². The zero-order valence-electron chi connectivity index (χ0n) is 10.7. The Morgan fingerprint density at radius 3 is 2.38 bits per heavy atom. The number of alkyl halides is 3. The number of anilines is 3. The number of nitrogens with zero attached hydrogens (tertiary/aromatic N) is 1. The van der Waals surface area contributed by atoms with Crippen LogP contribution in [0, 0.1) is 0 Å². The lowest BCUT2D eigenvalue weighted by Gasteiger charge is -2.13. The summed E-state index contributed by atoms with van der Waals surface area (Å²) in [5, 5.41) is 5.75. The van der Waals surface area contributed by atoms with Gasteiger partial charge in [-0.25, -0.2) is 4.98 Å². The number of hydrogen-bond donors (Lipinski definition) is 2. The predicted octanol–water partition coefficient (Wildman–Crippen LogP) is 5.30. The molecule has 1 heterocycles. The fourth-order valence-electron chi connectivity index (χ4n) is 1.62. The number of pyridine rings is 1. The molecule has 1 aromatic carbocycles. The van der Waals surface area contributed by atoms with Crippen LogP contribution < -0.4 is 10.6 Å². The second kappa shape index (κ2) is 6.11. The molecule has 0 aliphatic carbocycles. The standard InChI is InChI=1S/C13H10BrClF3N3/c1-19-11-4-7(13(16,17)18)5-12(21-11)20-10-3-2-8(14)6-9(10)15/h2-6H,1H3,(H2,19,20,21). The molecule has 0 unspecified atom stereocenters. The molecule has 0 bridgehead atoms. The Kier molecular flexibility index (Phi) is 4.63. The summed E-state index contributed by atoms with van der Waals surface area (Å²) in [6.45, 7) is 0. The Morgan fingerprint density at radius 1 is 1.14 bits per heavy atom. The Hall–Kier alpha value is -1.47. The van der Waals surface area contributed by atoms with E-state index >= 15 is 0 Å². The van der Waals surface area contributed by atoms with E-state index in [0.29, 0.717) is 10.7 Å². The summed E-state index contributed by atoms with van der Waals surface area (Å²) in [4.78, 5) is 4.03. The number of halogens is 5. The lowest BCUT2D eigenvalue weighted by molar-refractivity contribution is -0.137. The van der Waals surface area contributed by atoms with Gasteiger partial charge in [0.05, 0.1) is 16.3 Å². The molecule has 8 heteroatoms. The minimum absolute atomic E-state index is 0.0541. The summed E-state index contributed by atoms with van der Waals surface area (Å²) in [6, 6.07) is 6.87. The Balaban J connectivity index is 2.39. The topological polar surface area (TPSA) is 37.0 Å². The van der Waals surface area contributed by atoms with Crippen LogP contribution in [0.15, 0.2) is 34.8 Å². The highest BCUT2D eigenvalue weighted by Crippen LogP contribution is 2.34. The Morgan fingerprint density at radius 2 is 1.81 bits per heavy atom. The molecule has 3 nitrogen and oxygen atoms in total. The maximum atomic E-state index is 12.8. The van der Waals surface area contributed by atoms with Crippen molar-refractivity contribution in [2.45, 2.75) is 6.18 Å². The molecule has 2 rings (SSSR count). The van der Waals surface area contributed by atoms with Crippen LogP contribution in [0.25, 0.3) is 0 Å². The maximum absolute atomic E-state index is 12.8. The van der Waals surface area contributed by atoms with Crippen molar-refractivity contribution in [1.29, 1.82) is 0 Å². The van der Waals surface area contributed by atoms with Gasteiger partial charge in [-0.2, -0.15) is 13.2 Å². The van der Waals surface area contributed by atoms with Crippen molar-refractivity contribution in [2.75, 3.05) is 17.7 Å². The molecule has 0 saturated carbocycles. The molecule has 0 fully saturated rings. The summed E-state index contributed by atoms with van der Waals surface area (Å²) < 4.78 is 39.3. The van der Waals surface area contributed by atoms with Crippen LogP contribution in [0.2, 0.25) is 5.02 Å². The highest BCUT2D eigenvalue weighted by atomic mass is 79.9. The van der Waals surface area contributed by atoms with Crippen molar-refractivity contribution in [3.05, 3.63) is 45.4 Å². The van der Waals surface area contributed by atoms with Gasteiger partial charge in [-0.15, -0.1) is 0 Å². The van der Waals surface area contributed by atoms with Crippen molar-refractivity contribution >= 4 is 44.9 Å². The van der Waals surface area contributed by atoms with Crippen LogP contribution >= 0.6 is 27.5 Å². The van der Waals surface area contributed by atoms with Crippen molar-refractivity contribution in [1.82, 2.24) is 4.98 Å². The van der Waals surface area contributed by atoms with Gasteiger partial charge in [-0.3, -0.25) is 0 Å². The van der Waals surface area contributed by atoms with Crippen LogP contribution in [-0.4, -0.2) is 12.0 Å². The SMILES string of the molecule is CNc1cc(C(F)(F)F)cc(Nc2ccc(Br)cc2Cl)n1. The van der Waals surface area contributed by atoms with E-state index in [1.807, 2.05) is 0 Å². The first-order valence-electron chi connectivity index (χ1n) is 5.78. The molecule has 21 heavy (non-hydrogen) atoms. The average Bonchev–Trinajstić information content (AvgIpc) is 2.40. The van der Waals surface area contributed by atoms with Gasteiger partial charge in [0.25, 0.3) is 0 Å². The highest BCUT2D eigenvalue weighted by molar-refractivity contribution is 9.10. The first kappa shape index (κ1) is 15.9. The number of nitrogens with one attached hydrogen (secondary N) is 2. The molecule has 0 amide bonds. The van der Waals surface area contributed by atoms with Gasteiger partial charge in [0.2, 0.25) is 0 Å². The van der Waals surface area contributed by atoms with E-state index < -0.39 is 11.7 Å². The van der Waals surface area contributed by atoms with Gasteiger partial charge in [0, 0.05) is 11.5 Å². The summed E-state index contributed by atoms with van der Waals surface area (Å²) >= 11 is 9.28. The normalized spacial score (nSPS) is 11.3. The first-order chi connectivity index (χ1) is 9.79. The van der Waals surface area contributed by atoms with E-state index in [1.54, 1.807) is 18.2 Å².